The molecule has 6 atom stereocenters. The van der Waals surface area contributed by atoms with E-state index in [9.17, 15) is 0 Å². The highest BCUT2D eigenvalue weighted by Crippen LogP contribution is 2.35. The van der Waals surface area contributed by atoms with E-state index >= 15 is 0 Å². The number of ether oxygens (including phenoxy) is 2. The fourth-order valence-corrected chi connectivity index (χ4v) is 2.38. The fourth-order valence-electron chi connectivity index (χ4n) is 2.38. The summed E-state index contributed by atoms with van der Waals surface area (Å²) in [7, 11) is -1.20. The molecule has 1 aliphatic rings. The molecule has 0 radical (unpaired) electrons. The smallest absolute Gasteiger partial charge is 0.0840 e. The Bertz CT molecular complexity index is 209. The average Bonchev–Trinajstić information content (AvgIpc) is 2.25. The first-order valence-electron chi connectivity index (χ1n) is 6.74. The number of hydrogen-bond donors (Lipinski definition) is 0. The van der Waals surface area contributed by atoms with Crippen LogP contribution in [0.25, 0.3) is 0 Å². The predicted octanol–water partition coefficient (Wildman–Crippen LogP) is 2.72. The maximum Gasteiger partial charge on any atom is 0.0840 e. The fraction of sp³-hybridized carbons (Fsp3) is 1.00. The maximum absolute atomic E-state index is 7.04. The molecule has 0 amide bonds. The van der Waals surface area contributed by atoms with Crippen molar-refractivity contribution in [2.24, 2.45) is 17.8 Å². The van der Waals surface area contributed by atoms with Gasteiger partial charge in [-0.3, -0.25) is 0 Å². The van der Waals surface area contributed by atoms with Gasteiger partial charge in [0.2, 0.25) is 0 Å². The van der Waals surface area contributed by atoms with Gasteiger partial charge >= 0.3 is 0 Å². The van der Waals surface area contributed by atoms with E-state index in [1.165, 1.54) is 0 Å². The van der Waals surface area contributed by atoms with Crippen LogP contribution >= 0.6 is 0 Å². The van der Waals surface area contributed by atoms with E-state index in [4.69, 9.17) is 12.2 Å². The van der Waals surface area contributed by atoms with Gasteiger partial charge in [0, 0.05) is 7.06 Å². The van der Waals surface area contributed by atoms with Crippen molar-refractivity contribution in [3.05, 3.63) is 0 Å². The number of hydrogen-bond acceptors (Lipinski definition) is 2. The van der Waals surface area contributed by atoms with Gasteiger partial charge in [-0.05, 0) is 24.2 Å². The van der Waals surface area contributed by atoms with Crippen LogP contribution in [0.15, 0.2) is 0 Å². The van der Waals surface area contributed by atoms with Crippen LogP contribution in [0.1, 0.15) is 36.9 Å². The van der Waals surface area contributed by atoms with E-state index < -0.39 is 7.06 Å². The summed E-state index contributed by atoms with van der Waals surface area (Å²) >= 11 is 0. The molecule has 0 bridgehead atoms. The van der Waals surface area contributed by atoms with Gasteiger partial charge in [-0.15, -0.1) is 0 Å². The highest BCUT2D eigenvalue weighted by atomic mass is 16.5. The molecular weight excluding hydrogens is 176 g/mol. The number of methoxy groups -OCH3 is 1. The first-order valence-corrected chi connectivity index (χ1v) is 5.58. The minimum absolute atomic E-state index is 0.0364. The second-order valence-corrected chi connectivity index (χ2v) is 4.53. The summed E-state index contributed by atoms with van der Waals surface area (Å²) in [6, 6.07) is 0. The molecule has 84 valence electrons. The molecule has 1 saturated heterocycles. The first-order chi connectivity index (χ1) is 7.47. The summed E-state index contributed by atoms with van der Waals surface area (Å²) in [5, 5.41) is 0. The van der Waals surface area contributed by atoms with Gasteiger partial charge in [0.05, 0.1) is 21.6 Å². The van der Waals surface area contributed by atoms with Crippen molar-refractivity contribution in [1.82, 2.24) is 0 Å². The summed E-state index contributed by atoms with van der Waals surface area (Å²) in [6.07, 6.45) is 1.34. The summed E-state index contributed by atoms with van der Waals surface area (Å²) in [6.45, 7) is 9.17. The van der Waals surface area contributed by atoms with Gasteiger partial charge in [0.15, 0.2) is 0 Å². The topological polar surface area (TPSA) is 18.5 Å². The summed E-state index contributed by atoms with van der Waals surface area (Å²) in [5.74, 6) is 1.60. The molecule has 0 saturated carbocycles. The predicted molar refractivity (Wildman–Crippen MR) is 58.3 cm³/mol. The van der Waals surface area contributed by atoms with Crippen molar-refractivity contribution in [3.63, 3.8) is 0 Å². The van der Waals surface area contributed by atoms with Gasteiger partial charge in [-0.1, -0.05) is 27.7 Å². The third-order valence-electron chi connectivity index (χ3n) is 3.84. The van der Waals surface area contributed by atoms with Gasteiger partial charge < -0.3 is 9.47 Å². The van der Waals surface area contributed by atoms with Crippen molar-refractivity contribution in [1.29, 1.82) is 0 Å². The molecule has 0 aliphatic carbocycles. The molecule has 1 rings (SSSR count). The quantitative estimate of drug-likeness (QED) is 0.702. The lowest BCUT2D eigenvalue weighted by Gasteiger charge is -2.43. The monoisotopic (exact) mass is 203 g/mol. The van der Waals surface area contributed by atoms with Crippen LogP contribution in [0.5, 0.6) is 0 Å². The first kappa shape index (κ1) is 9.17. The molecular formula is C12H24O2. The largest absolute Gasteiger partial charge is 0.382 e. The van der Waals surface area contributed by atoms with Crippen LogP contribution in [0.2, 0.25) is 0 Å². The Balaban J connectivity index is 2.56. The van der Waals surface area contributed by atoms with Crippen LogP contribution in [0.3, 0.4) is 0 Å². The van der Waals surface area contributed by atoms with E-state index in [-0.39, 0.29) is 12.2 Å². The number of rotatable bonds is 3. The minimum Gasteiger partial charge on any atom is -0.382 e. The van der Waals surface area contributed by atoms with Crippen LogP contribution < -0.4 is 0 Å². The van der Waals surface area contributed by atoms with Crippen molar-refractivity contribution < 1.29 is 12.2 Å². The maximum atomic E-state index is 7.04. The lowest BCUT2D eigenvalue weighted by Crippen LogP contribution is -2.46. The molecule has 0 aromatic rings. The third kappa shape index (κ3) is 2.29. The van der Waals surface area contributed by atoms with E-state index in [1.54, 1.807) is 0 Å². The van der Waals surface area contributed by atoms with E-state index in [1.807, 2.05) is 0 Å². The zero-order valence-electron chi connectivity index (χ0n) is 11.7. The second kappa shape index (κ2) is 5.13. The van der Waals surface area contributed by atoms with Crippen LogP contribution in [0, 0.1) is 17.8 Å². The van der Waals surface area contributed by atoms with Gasteiger partial charge in [-0.25, -0.2) is 0 Å². The third-order valence-corrected chi connectivity index (χ3v) is 3.84. The molecule has 1 fully saturated rings. The molecule has 1 heterocycles. The second-order valence-electron chi connectivity index (χ2n) is 4.53. The van der Waals surface area contributed by atoms with Crippen molar-refractivity contribution in [2.75, 3.05) is 13.7 Å². The average molecular weight is 203 g/mol. The highest BCUT2D eigenvalue weighted by molar-refractivity contribution is 4.85. The van der Waals surface area contributed by atoms with Crippen molar-refractivity contribution in [3.8, 4) is 0 Å². The Labute approximate surface area is 90.8 Å². The molecule has 0 N–H and O–H groups in total. The molecule has 2 heteroatoms. The zero-order chi connectivity index (χ0) is 12.3. The summed E-state index contributed by atoms with van der Waals surface area (Å²) < 4.78 is 25.1. The summed E-state index contributed by atoms with van der Waals surface area (Å²) in [4.78, 5) is 0. The Morgan fingerprint density at radius 1 is 1.29 bits per heavy atom. The SMILES string of the molecule is [2H]C([3H])OCC1O[C@@H](CC)[C@H](C)[C@@H](C)[C@@H]1C. The van der Waals surface area contributed by atoms with Crippen LogP contribution in [-0.2, 0) is 9.47 Å². The molecule has 0 spiro atoms. The normalized spacial score (nSPS) is 48.1. The highest BCUT2D eigenvalue weighted by Gasteiger charge is 2.37. The molecule has 1 aliphatic heterocycles. The van der Waals surface area contributed by atoms with Crippen molar-refractivity contribution in [2.45, 2.75) is 46.3 Å². The lowest BCUT2D eigenvalue weighted by molar-refractivity contribution is -0.152. The molecule has 2 unspecified atom stereocenters. The minimum atomic E-state index is -1.20. The van der Waals surface area contributed by atoms with Crippen LogP contribution in [0.4, 0.5) is 0 Å². The van der Waals surface area contributed by atoms with E-state index in [2.05, 4.69) is 27.7 Å². The van der Waals surface area contributed by atoms with Gasteiger partial charge in [-0.2, -0.15) is 0 Å². The molecule has 0 aromatic heterocycles. The molecule has 14 heavy (non-hydrogen) atoms. The van der Waals surface area contributed by atoms with Gasteiger partial charge in [0.1, 0.15) is 0 Å². The van der Waals surface area contributed by atoms with Gasteiger partial charge in [0.25, 0.3) is 0 Å². The van der Waals surface area contributed by atoms with E-state index in [0.29, 0.717) is 24.4 Å². The Hall–Kier alpha value is -0.0800. The molecule has 2 nitrogen and oxygen atoms in total. The Morgan fingerprint density at radius 2 is 1.93 bits per heavy atom. The molecule has 0 aromatic carbocycles. The zero-order valence-corrected chi connectivity index (χ0v) is 9.69. The Morgan fingerprint density at radius 3 is 2.50 bits per heavy atom. The van der Waals surface area contributed by atoms with Crippen molar-refractivity contribution >= 4 is 0 Å². The van der Waals surface area contributed by atoms with Crippen LogP contribution in [-0.4, -0.2) is 25.9 Å². The summed E-state index contributed by atoms with van der Waals surface area (Å²) in [5.41, 5.74) is 0. The standard InChI is InChI=1S/C12H24O2/c1-6-11-9(3)8(2)10(4)12(14-11)7-13-5/h8-12H,6-7H2,1-5H3/t8-,9-,10+,11+,12?/m1/s1/i5TD/t5?,8-,9-,10+,11+,12?. The lowest BCUT2D eigenvalue weighted by atomic mass is 9.76. The van der Waals surface area contributed by atoms with E-state index in [0.717, 1.165) is 6.42 Å². The Kier molecular flexibility index (Phi) is 3.36.